The standard InChI is InChI=1S/C28H29BrClN3O4/c1-19-28(17-20-6-10-23(29)11-7-20,27(35)33-31-18-21-4-2-5-24(30)16-21)32-26(37-19)22-8-12-25(13-9-22)36-15-3-14-34/h2,4-13,16,19,31,34H,3,14-15,17-18H2,1H3,(H,33,35)/t19-,28-/m0/s1. The molecule has 0 fully saturated rings. The van der Waals surface area contributed by atoms with Gasteiger partial charge in [0.2, 0.25) is 5.90 Å². The van der Waals surface area contributed by atoms with Gasteiger partial charge in [-0.3, -0.25) is 10.2 Å². The number of carbonyl (C=O) groups excluding carboxylic acids is 1. The number of nitrogens with zero attached hydrogens (tertiary/aromatic N) is 1. The van der Waals surface area contributed by atoms with E-state index in [2.05, 4.69) is 26.8 Å². The first kappa shape index (κ1) is 27.1. The predicted molar refractivity (Wildman–Crippen MR) is 148 cm³/mol. The Hall–Kier alpha value is -2.91. The van der Waals surface area contributed by atoms with Crippen LogP contribution >= 0.6 is 27.5 Å². The van der Waals surface area contributed by atoms with Crippen molar-refractivity contribution in [2.75, 3.05) is 13.2 Å². The van der Waals surface area contributed by atoms with Crippen molar-refractivity contribution >= 4 is 39.3 Å². The zero-order valence-corrected chi connectivity index (χ0v) is 22.8. The maximum Gasteiger partial charge on any atom is 0.266 e. The fraction of sp³-hybridized carbons (Fsp3) is 0.286. The number of nitrogens with one attached hydrogen (secondary N) is 2. The smallest absolute Gasteiger partial charge is 0.266 e. The van der Waals surface area contributed by atoms with Crippen LogP contribution in [0.4, 0.5) is 0 Å². The summed E-state index contributed by atoms with van der Waals surface area (Å²) in [6, 6.07) is 22.6. The Labute approximate surface area is 230 Å². The van der Waals surface area contributed by atoms with Gasteiger partial charge in [-0.2, -0.15) is 0 Å². The molecule has 0 spiro atoms. The molecule has 4 rings (SSSR count). The van der Waals surface area contributed by atoms with Crippen LogP contribution in [-0.4, -0.2) is 41.8 Å². The number of halogens is 2. The highest BCUT2D eigenvalue weighted by Gasteiger charge is 2.50. The lowest BCUT2D eigenvalue weighted by Crippen LogP contribution is -2.55. The molecular formula is C28H29BrClN3O4. The Morgan fingerprint density at radius 1 is 1.14 bits per heavy atom. The molecule has 0 unspecified atom stereocenters. The molecule has 194 valence electrons. The zero-order valence-electron chi connectivity index (χ0n) is 20.4. The number of ether oxygens (including phenoxy) is 2. The monoisotopic (exact) mass is 585 g/mol. The van der Waals surface area contributed by atoms with Crippen LogP contribution in [0.5, 0.6) is 5.75 Å². The van der Waals surface area contributed by atoms with Gasteiger partial charge >= 0.3 is 0 Å². The lowest BCUT2D eigenvalue weighted by molar-refractivity contribution is -0.129. The first-order valence-corrected chi connectivity index (χ1v) is 13.2. The summed E-state index contributed by atoms with van der Waals surface area (Å²) in [5.41, 5.74) is 7.31. The first-order valence-electron chi connectivity index (χ1n) is 12.0. The van der Waals surface area contributed by atoms with E-state index in [1.165, 1.54) is 0 Å². The normalized spacial score (nSPS) is 18.7. The second-order valence-corrected chi connectivity index (χ2v) is 10.1. The number of hydrogen-bond acceptors (Lipinski definition) is 6. The maximum atomic E-state index is 13.6. The van der Waals surface area contributed by atoms with Crippen molar-refractivity contribution in [3.05, 3.63) is 99.0 Å². The number of aliphatic imine (C=N–C) groups is 1. The number of aliphatic hydroxyl groups is 1. The molecule has 0 radical (unpaired) electrons. The SMILES string of the molecule is C[C@@H]1OC(c2ccc(OCCCO)cc2)=N[C@]1(Cc1ccc(Br)cc1)C(=O)NNCc1cccc(Cl)c1. The summed E-state index contributed by atoms with van der Waals surface area (Å²) in [7, 11) is 0. The molecule has 1 heterocycles. The molecule has 1 aliphatic rings. The first-order chi connectivity index (χ1) is 17.9. The minimum absolute atomic E-state index is 0.0804. The van der Waals surface area contributed by atoms with Crippen molar-refractivity contribution in [2.24, 2.45) is 4.99 Å². The molecule has 0 aliphatic carbocycles. The van der Waals surface area contributed by atoms with E-state index in [1.54, 1.807) is 6.07 Å². The van der Waals surface area contributed by atoms with E-state index in [0.717, 1.165) is 21.2 Å². The molecule has 3 N–H and O–H groups in total. The van der Waals surface area contributed by atoms with Crippen LogP contribution in [0.15, 0.2) is 82.3 Å². The molecule has 3 aromatic carbocycles. The molecule has 9 heteroatoms. The van der Waals surface area contributed by atoms with Crippen molar-refractivity contribution in [3.8, 4) is 5.75 Å². The van der Waals surface area contributed by atoms with Gasteiger partial charge in [-0.15, -0.1) is 0 Å². The lowest BCUT2D eigenvalue weighted by atomic mass is 9.86. The summed E-state index contributed by atoms with van der Waals surface area (Å²) in [6.45, 7) is 2.78. The van der Waals surface area contributed by atoms with Crippen LogP contribution in [0, 0.1) is 0 Å². The maximum absolute atomic E-state index is 13.6. The van der Waals surface area contributed by atoms with Crippen molar-refractivity contribution in [3.63, 3.8) is 0 Å². The number of hydrogen-bond donors (Lipinski definition) is 3. The fourth-order valence-corrected chi connectivity index (χ4v) is 4.52. The van der Waals surface area contributed by atoms with Gasteiger partial charge in [0.05, 0.1) is 6.61 Å². The van der Waals surface area contributed by atoms with E-state index < -0.39 is 11.6 Å². The van der Waals surface area contributed by atoms with E-state index in [1.807, 2.05) is 73.7 Å². The molecule has 0 bridgehead atoms. The van der Waals surface area contributed by atoms with Gasteiger partial charge in [-0.05, 0) is 66.6 Å². The average molecular weight is 587 g/mol. The van der Waals surface area contributed by atoms with E-state index in [4.69, 9.17) is 31.2 Å². The highest BCUT2D eigenvalue weighted by molar-refractivity contribution is 9.10. The molecule has 1 aliphatic heterocycles. The summed E-state index contributed by atoms with van der Waals surface area (Å²) in [4.78, 5) is 18.5. The van der Waals surface area contributed by atoms with Crippen molar-refractivity contribution < 1.29 is 19.4 Å². The summed E-state index contributed by atoms with van der Waals surface area (Å²) in [6.07, 6.45) is 0.408. The zero-order chi connectivity index (χ0) is 26.3. The van der Waals surface area contributed by atoms with Gasteiger partial charge in [-0.25, -0.2) is 10.4 Å². The van der Waals surface area contributed by atoms with Crippen molar-refractivity contribution in [1.82, 2.24) is 10.9 Å². The largest absolute Gasteiger partial charge is 0.494 e. The third-order valence-electron chi connectivity index (χ3n) is 6.10. The Kier molecular flexibility index (Phi) is 9.21. The van der Waals surface area contributed by atoms with Gasteiger partial charge in [0, 0.05) is 41.1 Å². The number of carbonyl (C=O) groups is 1. The second-order valence-electron chi connectivity index (χ2n) is 8.79. The van der Waals surface area contributed by atoms with E-state index in [-0.39, 0.29) is 12.5 Å². The third-order valence-corrected chi connectivity index (χ3v) is 6.86. The fourth-order valence-electron chi connectivity index (χ4n) is 4.04. The molecular weight excluding hydrogens is 558 g/mol. The number of aliphatic hydroxyl groups excluding tert-OH is 1. The predicted octanol–water partition coefficient (Wildman–Crippen LogP) is 4.83. The minimum atomic E-state index is -1.18. The van der Waals surface area contributed by atoms with Gasteiger partial charge in [0.15, 0.2) is 5.54 Å². The molecule has 7 nitrogen and oxygen atoms in total. The summed E-state index contributed by atoms with van der Waals surface area (Å²) < 4.78 is 12.7. The van der Waals surface area contributed by atoms with Crippen LogP contribution in [0.25, 0.3) is 0 Å². The minimum Gasteiger partial charge on any atom is -0.494 e. The Balaban J connectivity index is 1.55. The summed E-state index contributed by atoms with van der Waals surface area (Å²) >= 11 is 9.54. The quantitative estimate of drug-likeness (QED) is 0.221. The highest BCUT2D eigenvalue weighted by atomic mass is 79.9. The topological polar surface area (TPSA) is 92.2 Å². The Morgan fingerprint density at radius 2 is 1.89 bits per heavy atom. The number of rotatable bonds is 11. The number of hydrazine groups is 1. The molecule has 2 atom stereocenters. The number of amides is 1. The molecule has 3 aromatic rings. The van der Waals surface area contributed by atoms with Crippen LogP contribution in [0.2, 0.25) is 5.02 Å². The Bertz CT molecular complexity index is 1240. The molecule has 0 saturated carbocycles. The van der Waals surface area contributed by atoms with E-state index in [9.17, 15) is 4.79 Å². The van der Waals surface area contributed by atoms with Crippen LogP contribution < -0.4 is 15.6 Å². The number of benzene rings is 3. The molecule has 0 aromatic heterocycles. The molecule has 0 saturated heterocycles. The summed E-state index contributed by atoms with van der Waals surface area (Å²) in [5.74, 6) is 0.799. The van der Waals surface area contributed by atoms with Crippen molar-refractivity contribution in [1.29, 1.82) is 0 Å². The third kappa shape index (κ3) is 6.90. The molecule has 1 amide bonds. The van der Waals surface area contributed by atoms with Gasteiger partial charge in [0.25, 0.3) is 5.91 Å². The second kappa shape index (κ2) is 12.6. The van der Waals surface area contributed by atoms with E-state index >= 15 is 0 Å². The van der Waals surface area contributed by atoms with Crippen LogP contribution in [-0.2, 0) is 22.5 Å². The van der Waals surface area contributed by atoms with Gasteiger partial charge in [-0.1, -0.05) is 51.8 Å². The highest BCUT2D eigenvalue weighted by Crippen LogP contribution is 2.33. The summed E-state index contributed by atoms with van der Waals surface area (Å²) in [5, 5.41) is 9.57. The van der Waals surface area contributed by atoms with Crippen molar-refractivity contribution in [2.45, 2.75) is 38.0 Å². The average Bonchev–Trinajstić information content (AvgIpc) is 3.23. The molecule has 37 heavy (non-hydrogen) atoms. The van der Waals surface area contributed by atoms with Crippen LogP contribution in [0.3, 0.4) is 0 Å². The van der Waals surface area contributed by atoms with Crippen LogP contribution in [0.1, 0.15) is 30.0 Å². The lowest BCUT2D eigenvalue weighted by Gasteiger charge is -2.28. The van der Waals surface area contributed by atoms with Gasteiger partial charge < -0.3 is 14.6 Å². The van der Waals surface area contributed by atoms with Gasteiger partial charge in [0.1, 0.15) is 11.9 Å². The Morgan fingerprint density at radius 3 is 2.59 bits per heavy atom. The van der Waals surface area contributed by atoms with E-state index in [0.29, 0.717) is 42.7 Å².